The first-order chi connectivity index (χ1) is 11.7. The number of unbranched alkanes of at least 4 members (excludes halogenated alkanes) is 4. The minimum absolute atomic E-state index is 0.0576. The molecule has 138 valence electrons. The molecule has 2 rings (SSSR count). The Kier molecular flexibility index (Phi) is 7.86. The standard InChI is InChI=1S/C19H35N3O2/c1-3-24-17(23)10-7-5-4-6-8-14-21-18(20-2)22-15-13-19(16-22)11-9-12-19/h3-16H2,1-2H3,(H,20,21). The minimum atomic E-state index is -0.0576. The van der Waals surface area contributed by atoms with Crippen LogP contribution in [-0.2, 0) is 9.53 Å². The Morgan fingerprint density at radius 1 is 1.17 bits per heavy atom. The van der Waals surface area contributed by atoms with Crippen molar-refractivity contribution in [2.45, 2.75) is 71.1 Å². The van der Waals surface area contributed by atoms with E-state index in [1.54, 1.807) is 0 Å². The molecule has 0 aromatic carbocycles. The molecule has 24 heavy (non-hydrogen) atoms. The minimum Gasteiger partial charge on any atom is -0.466 e. The molecule has 1 aliphatic heterocycles. The Morgan fingerprint density at radius 2 is 1.92 bits per heavy atom. The van der Waals surface area contributed by atoms with Crippen molar-refractivity contribution in [2.24, 2.45) is 10.4 Å². The quantitative estimate of drug-likeness (QED) is 0.303. The van der Waals surface area contributed by atoms with Crippen molar-refractivity contribution < 1.29 is 9.53 Å². The third-order valence-electron chi connectivity index (χ3n) is 5.51. The van der Waals surface area contributed by atoms with E-state index in [4.69, 9.17) is 4.74 Å². The van der Waals surface area contributed by atoms with Gasteiger partial charge in [0.05, 0.1) is 6.61 Å². The summed E-state index contributed by atoms with van der Waals surface area (Å²) < 4.78 is 4.93. The number of nitrogens with one attached hydrogen (secondary N) is 1. The van der Waals surface area contributed by atoms with Gasteiger partial charge >= 0.3 is 5.97 Å². The molecule has 1 saturated heterocycles. The second-order valence-corrected chi connectivity index (χ2v) is 7.32. The summed E-state index contributed by atoms with van der Waals surface area (Å²) in [7, 11) is 1.89. The number of carbonyl (C=O) groups excluding carboxylic acids is 1. The zero-order valence-corrected chi connectivity index (χ0v) is 15.6. The Morgan fingerprint density at radius 3 is 2.54 bits per heavy atom. The maximum atomic E-state index is 11.2. The Balaban J connectivity index is 1.48. The Labute approximate surface area is 147 Å². The lowest BCUT2D eigenvalue weighted by molar-refractivity contribution is -0.143. The number of guanidine groups is 1. The SMILES string of the molecule is CCOC(=O)CCCCCCCNC(=NC)N1CCC2(CCC2)C1. The molecular weight excluding hydrogens is 302 g/mol. The first-order valence-corrected chi connectivity index (χ1v) is 9.80. The van der Waals surface area contributed by atoms with E-state index >= 15 is 0 Å². The third kappa shape index (κ3) is 5.67. The molecule has 5 nitrogen and oxygen atoms in total. The lowest BCUT2D eigenvalue weighted by Crippen LogP contribution is -2.42. The van der Waals surface area contributed by atoms with E-state index in [2.05, 4.69) is 15.2 Å². The summed E-state index contributed by atoms with van der Waals surface area (Å²) in [6, 6.07) is 0. The summed E-state index contributed by atoms with van der Waals surface area (Å²) in [6.45, 7) is 5.69. The Hall–Kier alpha value is -1.26. The van der Waals surface area contributed by atoms with Crippen LogP contribution in [0.2, 0.25) is 0 Å². The molecular formula is C19H35N3O2. The van der Waals surface area contributed by atoms with Gasteiger partial charge in [-0.1, -0.05) is 25.7 Å². The molecule has 0 atom stereocenters. The maximum absolute atomic E-state index is 11.2. The van der Waals surface area contributed by atoms with Gasteiger partial charge in [0, 0.05) is 33.1 Å². The molecule has 2 aliphatic rings. The van der Waals surface area contributed by atoms with Gasteiger partial charge < -0.3 is 15.0 Å². The number of hydrogen-bond donors (Lipinski definition) is 1. The summed E-state index contributed by atoms with van der Waals surface area (Å²) in [5, 5.41) is 3.52. The van der Waals surface area contributed by atoms with E-state index in [1.165, 1.54) is 45.1 Å². The molecule has 5 heteroatoms. The fraction of sp³-hybridized carbons (Fsp3) is 0.895. The van der Waals surface area contributed by atoms with Gasteiger partial charge in [0.2, 0.25) is 0 Å². The van der Waals surface area contributed by atoms with Gasteiger partial charge in [-0.2, -0.15) is 0 Å². The van der Waals surface area contributed by atoms with Crippen LogP contribution >= 0.6 is 0 Å². The van der Waals surface area contributed by atoms with Gasteiger partial charge in [-0.25, -0.2) is 0 Å². The van der Waals surface area contributed by atoms with Gasteiger partial charge in [0.15, 0.2) is 5.96 Å². The fourth-order valence-corrected chi connectivity index (χ4v) is 3.89. The van der Waals surface area contributed by atoms with Gasteiger partial charge in [-0.05, 0) is 44.4 Å². The molecule has 0 amide bonds. The zero-order chi connectivity index (χ0) is 17.3. The number of ether oxygens (including phenoxy) is 1. The van der Waals surface area contributed by atoms with E-state index < -0.39 is 0 Å². The van der Waals surface area contributed by atoms with Crippen LogP contribution in [0.1, 0.15) is 71.1 Å². The van der Waals surface area contributed by atoms with Crippen LogP contribution in [0, 0.1) is 5.41 Å². The summed E-state index contributed by atoms with van der Waals surface area (Å²) in [5.74, 6) is 1.03. The second-order valence-electron chi connectivity index (χ2n) is 7.32. The van der Waals surface area contributed by atoms with Gasteiger partial charge in [-0.15, -0.1) is 0 Å². The normalized spacial score (nSPS) is 19.4. The van der Waals surface area contributed by atoms with E-state index in [0.717, 1.165) is 38.3 Å². The number of esters is 1. The van der Waals surface area contributed by atoms with E-state index in [9.17, 15) is 4.79 Å². The van der Waals surface area contributed by atoms with Crippen molar-refractivity contribution in [3.05, 3.63) is 0 Å². The molecule has 0 bridgehead atoms. The van der Waals surface area contributed by atoms with Crippen molar-refractivity contribution in [3.63, 3.8) is 0 Å². The van der Waals surface area contributed by atoms with Crippen LogP contribution in [-0.4, -0.2) is 50.1 Å². The summed E-state index contributed by atoms with van der Waals surface area (Å²) >= 11 is 0. The molecule has 0 unspecified atom stereocenters. The molecule has 2 fully saturated rings. The van der Waals surface area contributed by atoms with Crippen molar-refractivity contribution in [1.29, 1.82) is 0 Å². The van der Waals surface area contributed by atoms with Crippen LogP contribution in [0.4, 0.5) is 0 Å². The average molecular weight is 338 g/mol. The molecule has 1 aliphatic carbocycles. The largest absolute Gasteiger partial charge is 0.466 e. The maximum Gasteiger partial charge on any atom is 0.305 e. The first kappa shape index (κ1) is 19.1. The van der Waals surface area contributed by atoms with Gasteiger partial charge in [0.1, 0.15) is 0 Å². The third-order valence-corrected chi connectivity index (χ3v) is 5.51. The summed E-state index contributed by atoms with van der Waals surface area (Å²) in [6.07, 6.45) is 11.8. The van der Waals surface area contributed by atoms with Crippen LogP contribution in [0.5, 0.6) is 0 Å². The number of rotatable bonds is 9. The Bertz CT molecular complexity index is 419. The molecule has 0 aromatic heterocycles. The molecule has 1 saturated carbocycles. The number of hydrogen-bond acceptors (Lipinski definition) is 3. The fourth-order valence-electron chi connectivity index (χ4n) is 3.89. The van der Waals surface area contributed by atoms with Gasteiger partial charge in [0.25, 0.3) is 0 Å². The lowest BCUT2D eigenvalue weighted by Gasteiger charge is -2.38. The second kappa shape index (κ2) is 9.90. The lowest BCUT2D eigenvalue weighted by atomic mass is 9.68. The smallest absolute Gasteiger partial charge is 0.305 e. The highest BCUT2D eigenvalue weighted by atomic mass is 16.5. The van der Waals surface area contributed by atoms with E-state index in [1.807, 2.05) is 14.0 Å². The number of aliphatic imine (C=N–C) groups is 1. The molecule has 0 radical (unpaired) electrons. The number of carbonyl (C=O) groups is 1. The molecule has 0 aromatic rings. The summed E-state index contributed by atoms with van der Waals surface area (Å²) in [5.41, 5.74) is 0.622. The topological polar surface area (TPSA) is 53.9 Å². The van der Waals surface area contributed by atoms with E-state index in [0.29, 0.717) is 18.4 Å². The predicted molar refractivity (Wildman–Crippen MR) is 98.2 cm³/mol. The van der Waals surface area contributed by atoms with E-state index in [-0.39, 0.29) is 5.97 Å². The number of nitrogens with zero attached hydrogens (tertiary/aromatic N) is 2. The first-order valence-electron chi connectivity index (χ1n) is 9.80. The molecule has 1 N–H and O–H groups in total. The van der Waals surface area contributed by atoms with Crippen LogP contribution in [0.3, 0.4) is 0 Å². The predicted octanol–water partition coefficient (Wildman–Crippen LogP) is 3.34. The van der Waals surface area contributed by atoms with Crippen LogP contribution in [0.15, 0.2) is 4.99 Å². The van der Waals surface area contributed by atoms with Crippen molar-refractivity contribution in [3.8, 4) is 0 Å². The molecule has 1 heterocycles. The van der Waals surface area contributed by atoms with Crippen molar-refractivity contribution in [2.75, 3.05) is 33.3 Å². The highest BCUT2D eigenvalue weighted by molar-refractivity contribution is 5.80. The number of likely N-dealkylation sites (tertiary alicyclic amines) is 1. The summed E-state index contributed by atoms with van der Waals surface area (Å²) in [4.78, 5) is 18.1. The highest BCUT2D eigenvalue weighted by Crippen LogP contribution is 2.47. The van der Waals surface area contributed by atoms with Crippen molar-refractivity contribution in [1.82, 2.24) is 10.2 Å². The van der Waals surface area contributed by atoms with Crippen molar-refractivity contribution >= 4 is 11.9 Å². The zero-order valence-electron chi connectivity index (χ0n) is 15.6. The molecule has 1 spiro atoms. The highest BCUT2D eigenvalue weighted by Gasteiger charge is 2.43. The monoisotopic (exact) mass is 337 g/mol. The van der Waals surface area contributed by atoms with Gasteiger partial charge in [-0.3, -0.25) is 9.79 Å². The van der Waals surface area contributed by atoms with Crippen LogP contribution < -0.4 is 5.32 Å². The average Bonchev–Trinajstić information content (AvgIpc) is 2.99. The van der Waals surface area contributed by atoms with Crippen LogP contribution in [0.25, 0.3) is 0 Å².